The Kier molecular flexibility index (Phi) is 3.31. The Balaban J connectivity index is 1.83. The number of hydrogen-bond donors (Lipinski definition) is 0. The molecule has 0 saturated carbocycles. The van der Waals surface area contributed by atoms with Crippen LogP contribution in [0.3, 0.4) is 0 Å². The molecule has 2 nitrogen and oxygen atoms in total. The van der Waals surface area contributed by atoms with Gasteiger partial charge in [-0.25, -0.2) is 0 Å². The fraction of sp³-hybridized carbons (Fsp3) is 0.250. The molecule has 98 valence electrons. The van der Waals surface area contributed by atoms with Crippen molar-refractivity contribution in [3.05, 3.63) is 70.7 Å². The SMILES string of the molecule is C[C@@]1(c2ccc(Cl)cc2)OC[C@@H](c2ccccc2)O1. The van der Waals surface area contributed by atoms with E-state index in [1.165, 1.54) is 0 Å². The van der Waals surface area contributed by atoms with Gasteiger partial charge in [0.2, 0.25) is 0 Å². The molecule has 1 heterocycles. The Labute approximate surface area is 117 Å². The van der Waals surface area contributed by atoms with Crippen LogP contribution in [0.4, 0.5) is 0 Å². The summed E-state index contributed by atoms with van der Waals surface area (Å²) < 4.78 is 12.0. The number of rotatable bonds is 2. The van der Waals surface area contributed by atoms with Gasteiger partial charge in [-0.3, -0.25) is 0 Å². The van der Waals surface area contributed by atoms with Crippen molar-refractivity contribution in [3.8, 4) is 0 Å². The Hall–Kier alpha value is -1.35. The predicted octanol–water partition coefficient (Wildman–Crippen LogP) is 4.30. The van der Waals surface area contributed by atoms with Gasteiger partial charge in [0.15, 0.2) is 5.79 Å². The van der Waals surface area contributed by atoms with Crippen LogP contribution in [0, 0.1) is 0 Å². The zero-order valence-corrected chi connectivity index (χ0v) is 11.4. The molecule has 0 aromatic heterocycles. The highest BCUT2D eigenvalue weighted by molar-refractivity contribution is 6.30. The first-order chi connectivity index (χ1) is 9.17. The normalized spacial score (nSPS) is 26.5. The van der Waals surface area contributed by atoms with Crippen LogP contribution in [0.5, 0.6) is 0 Å². The van der Waals surface area contributed by atoms with Gasteiger partial charge in [-0.05, 0) is 24.6 Å². The molecule has 3 rings (SSSR count). The third-order valence-corrected chi connectivity index (χ3v) is 3.67. The van der Waals surface area contributed by atoms with E-state index in [-0.39, 0.29) is 6.10 Å². The minimum Gasteiger partial charge on any atom is -0.343 e. The Bertz CT molecular complexity index is 553. The second-order valence-corrected chi connectivity index (χ2v) is 5.22. The highest BCUT2D eigenvalue weighted by atomic mass is 35.5. The summed E-state index contributed by atoms with van der Waals surface area (Å²) in [5.74, 6) is -0.703. The van der Waals surface area contributed by atoms with E-state index in [0.717, 1.165) is 11.1 Å². The van der Waals surface area contributed by atoms with Gasteiger partial charge in [-0.1, -0.05) is 54.1 Å². The van der Waals surface area contributed by atoms with Crippen molar-refractivity contribution < 1.29 is 9.47 Å². The van der Waals surface area contributed by atoms with Crippen LogP contribution >= 0.6 is 11.6 Å². The lowest BCUT2D eigenvalue weighted by molar-refractivity contribution is -0.162. The van der Waals surface area contributed by atoms with Crippen LogP contribution in [0.15, 0.2) is 54.6 Å². The molecular formula is C16H15ClO2. The maximum absolute atomic E-state index is 6.10. The van der Waals surface area contributed by atoms with E-state index in [1.54, 1.807) is 0 Å². The Morgan fingerprint density at radius 2 is 1.74 bits per heavy atom. The zero-order chi connectivity index (χ0) is 13.3. The molecule has 1 aliphatic heterocycles. The summed E-state index contributed by atoms with van der Waals surface area (Å²) in [6.45, 7) is 2.50. The van der Waals surface area contributed by atoms with E-state index in [4.69, 9.17) is 21.1 Å². The van der Waals surface area contributed by atoms with Gasteiger partial charge in [0.05, 0.1) is 6.61 Å². The molecule has 0 aliphatic carbocycles. The minimum atomic E-state index is -0.703. The highest BCUT2D eigenvalue weighted by Gasteiger charge is 2.39. The quantitative estimate of drug-likeness (QED) is 0.813. The molecular weight excluding hydrogens is 260 g/mol. The summed E-state index contributed by atoms with van der Waals surface area (Å²) in [4.78, 5) is 0. The van der Waals surface area contributed by atoms with Crippen LogP contribution in [0.1, 0.15) is 24.2 Å². The number of ether oxygens (including phenoxy) is 2. The van der Waals surface area contributed by atoms with Crippen LogP contribution < -0.4 is 0 Å². The molecule has 1 fully saturated rings. The predicted molar refractivity (Wildman–Crippen MR) is 75.0 cm³/mol. The van der Waals surface area contributed by atoms with Crippen LogP contribution in [-0.4, -0.2) is 6.61 Å². The molecule has 1 saturated heterocycles. The number of benzene rings is 2. The average molecular weight is 275 g/mol. The smallest absolute Gasteiger partial charge is 0.192 e. The molecule has 0 amide bonds. The summed E-state index contributed by atoms with van der Waals surface area (Å²) in [7, 11) is 0. The van der Waals surface area contributed by atoms with Crippen molar-refractivity contribution in [2.24, 2.45) is 0 Å². The van der Waals surface area contributed by atoms with Gasteiger partial charge in [-0.2, -0.15) is 0 Å². The molecule has 2 aromatic rings. The third-order valence-electron chi connectivity index (χ3n) is 3.42. The standard InChI is InChI=1S/C16H15ClO2/c1-16(13-7-9-14(17)10-8-13)18-11-15(19-16)12-5-3-2-4-6-12/h2-10,15H,11H2,1H3/t15-,16+/m0/s1. The van der Waals surface area contributed by atoms with Gasteiger partial charge < -0.3 is 9.47 Å². The summed E-state index contributed by atoms with van der Waals surface area (Å²) in [5.41, 5.74) is 2.12. The Morgan fingerprint density at radius 1 is 1.05 bits per heavy atom. The molecule has 0 spiro atoms. The van der Waals surface area contributed by atoms with Crippen molar-refractivity contribution >= 4 is 11.6 Å². The van der Waals surface area contributed by atoms with E-state index < -0.39 is 5.79 Å². The molecule has 2 atom stereocenters. The summed E-state index contributed by atoms with van der Waals surface area (Å²) in [6, 6.07) is 17.7. The van der Waals surface area contributed by atoms with Gasteiger partial charge in [0.25, 0.3) is 0 Å². The molecule has 19 heavy (non-hydrogen) atoms. The van der Waals surface area contributed by atoms with Crippen LogP contribution in [-0.2, 0) is 15.3 Å². The first kappa shape index (κ1) is 12.7. The zero-order valence-electron chi connectivity index (χ0n) is 10.7. The molecule has 2 aromatic carbocycles. The first-order valence-electron chi connectivity index (χ1n) is 6.30. The van der Waals surface area contributed by atoms with Crippen molar-refractivity contribution in [3.63, 3.8) is 0 Å². The van der Waals surface area contributed by atoms with Crippen LogP contribution in [0.25, 0.3) is 0 Å². The fourth-order valence-electron chi connectivity index (χ4n) is 2.31. The molecule has 3 heteroatoms. The second-order valence-electron chi connectivity index (χ2n) is 4.78. The molecule has 1 aliphatic rings. The van der Waals surface area contributed by atoms with Crippen molar-refractivity contribution in [1.82, 2.24) is 0 Å². The lowest BCUT2D eigenvalue weighted by Crippen LogP contribution is -2.22. The Morgan fingerprint density at radius 3 is 2.42 bits per heavy atom. The van der Waals surface area contributed by atoms with E-state index in [2.05, 4.69) is 12.1 Å². The summed E-state index contributed by atoms with van der Waals surface area (Å²) in [6.07, 6.45) is -0.0260. The van der Waals surface area contributed by atoms with E-state index in [1.807, 2.05) is 49.4 Å². The van der Waals surface area contributed by atoms with Gasteiger partial charge in [0, 0.05) is 10.6 Å². The summed E-state index contributed by atoms with van der Waals surface area (Å²) >= 11 is 5.91. The lowest BCUT2D eigenvalue weighted by atomic mass is 10.1. The molecule has 0 bridgehead atoms. The van der Waals surface area contributed by atoms with E-state index >= 15 is 0 Å². The van der Waals surface area contributed by atoms with E-state index in [9.17, 15) is 0 Å². The lowest BCUT2D eigenvalue weighted by Gasteiger charge is -2.24. The molecule has 0 unspecified atom stereocenters. The van der Waals surface area contributed by atoms with Crippen molar-refractivity contribution in [2.75, 3.05) is 6.61 Å². The van der Waals surface area contributed by atoms with Crippen LogP contribution in [0.2, 0.25) is 5.02 Å². The van der Waals surface area contributed by atoms with Gasteiger partial charge in [0.1, 0.15) is 6.10 Å². The largest absolute Gasteiger partial charge is 0.343 e. The molecule has 0 N–H and O–H groups in total. The monoisotopic (exact) mass is 274 g/mol. The summed E-state index contributed by atoms with van der Waals surface area (Å²) in [5, 5.41) is 0.713. The number of halogens is 1. The number of hydrogen-bond acceptors (Lipinski definition) is 2. The topological polar surface area (TPSA) is 18.5 Å². The maximum atomic E-state index is 6.10. The minimum absolute atomic E-state index is 0.0260. The maximum Gasteiger partial charge on any atom is 0.192 e. The highest BCUT2D eigenvalue weighted by Crippen LogP contribution is 2.40. The van der Waals surface area contributed by atoms with Crippen molar-refractivity contribution in [1.29, 1.82) is 0 Å². The van der Waals surface area contributed by atoms with E-state index in [0.29, 0.717) is 11.6 Å². The second kappa shape index (κ2) is 4.97. The third kappa shape index (κ3) is 2.52. The van der Waals surface area contributed by atoms with Gasteiger partial charge >= 0.3 is 0 Å². The molecule has 0 radical (unpaired) electrons. The first-order valence-corrected chi connectivity index (χ1v) is 6.68. The fourth-order valence-corrected chi connectivity index (χ4v) is 2.44. The average Bonchev–Trinajstić information content (AvgIpc) is 2.84. The van der Waals surface area contributed by atoms with Gasteiger partial charge in [-0.15, -0.1) is 0 Å². The van der Waals surface area contributed by atoms with Crippen molar-refractivity contribution in [2.45, 2.75) is 18.8 Å².